The monoisotopic (exact) mass is 249 g/mol. The Kier molecular flexibility index (Phi) is 3.98. The third-order valence-electron chi connectivity index (χ3n) is 5.97. The lowest BCUT2D eigenvalue weighted by molar-refractivity contribution is 0.146. The van der Waals surface area contributed by atoms with Gasteiger partial charge in [-0.1, -0.05) is 51.9 Å². The molecule has 0 aromatic carbocycles. The van der Waals surface area contributed by atoms with E-state index < -0.39 is 0 Å². The Labute approximate surface area is 113 Å². The van der Waals surface area contributed by atoms with Gasteiger partial charge in [-0.3, -0.25) is 0 Å². The number of rotatable bonds is 4. The normalized spacial score (nSPS) is 36.5. The molecule has 3 aliphatic carbocycles. The molecule has 2 unspecified atom stereocenters. The minimum absolute atomic E-state index is 0.675. The summed E-state index contributed by atoms with van der Waals surface area (Å²) >= 11 is 0. The highest BCUT2D eigenvalue weighted by Gasteiger charge is 2.39. The van der Waals surface area contributed by atoms with E-state index in [1.54, 1.807) is 0 Å². The van der Waals surface area contributed by atoms with Crippen molar-refractivity contribution in [2.24, 2.45) is 17.3 Å². The predicted octanol–water partition coefficient (Wildman–Crippen LogP) is 4.52. The zero-order valence-electron chi connectivity index (χ0n) is 12.2. The van der Waals surface area contributed by atoms with E-state index in [0.717, 1.165) is 17.9 Å². The van der Waals surface area contributed by atoms with Crippen LogP contribution in [0.25, 0.3) is 0 Å². The maximum absolute atomic E-state index is 3.97. The zero-order chi connectivity index (χ0) is 12.4. The van der Waals surface area contributed by atoms with Crippen molar-refractivity contribution >= 4 is 0 Å². The lowest BCUT2D eigenvalue weighted by Crippen LogP contribution is -2.44. The average molecular weight is 249 g/mol. The Balaban J connectivity index is 1.54. The van der Waals surface area contributed by atoms with E-state index in [1.165, 1.54) is 77.2 Å². The molecule has 1 heteroatoms. The second-order valence-corrected chi connectivity index (χ2v) is 7.64. The lowest BCUT2D eigenvalue weighted by Gasteiger charge is -2.40. The first-order chi connectivity index (χ1) is 8.77. The molecule has 0 aliphatic heterocycles. The summed E-state index contributed by atoms with van der Waals surface area (Å²) in [5, 5.41) is 3.97. The average Bonchev–Trinajstić information content (AvgIpc) is 3.16. The van der Waals surface area contributed by atoms with Crippen molar-refractivity contribution in [1.82, 2.24) is 5.32 Å². The third kappa shape index (κ3) is 3.10. The van der Waals surface area contributed by atoms with Crippen LogP contribution in [0.3, 0.4) is 0 Å². The molecule has 3 rings (SSSR count). The zero-order valence-corrected chi connectivity index (χ0v) is 12.2. The van der Waals surface area contributed by atoms with Crippen LogP contribution in [0.1, 0.15) is 77.6 Å². The molecule has 0 heterocycles. The van der Waals surface area contributed by atoms with E-state index in [9.17, 15) is 0 Å². The minimum Gasteiger partial charge on any atom is -0.313 e. The van der Waals surface area contributed by atoms with Gasteiger partial charge in [-0.25, -0.2) is 0 Å². The van der Waals surface area contributed by atoms with Crippen LogP contribution in [-0.4, -0.2) is 12.6 Å². The van der Waals surface area contributed by atoms with E-state index in [-0.39, 0.29) is 0 Å². The summed E-state index contributed by atoms with van der Waals surface area (Å²) in [6, 6.07) is 0.860. The van der Waals surface area contributed by atoms with Crippen LogP contribution in [0.2, 0.25) is 0 Å². The molecule has 0 radical (unpaired) electrons. The first-order valence-corrected chi connectivity index (χ1v) is 8.50. The molecule has 0 aromatic rings. The van der Waals surface area contributed by atoms with Crippen molar-refractivity contribution < 1.29 is 0 Å². The van der Waals surface area contributed by atoms with Crippen LogP contribution in [0, 0.1) is 17.3 Å². The van der Waals surface area contributed by atoms with Gasteiger partial charge < -0.3 is 5.32 Å². The van der Waals surface area contributed by atoms with Gasteiger partial charge in [-0.15, -0.1) is 0 Å². The van der Waals surface area contributed by atoms with Crippen LogP contribution >= 0.6 is 0 Å². The van der Waals surface area contributed by atoms with Gasteiger partial charge in [0.15, 0.2) is 0 Å². The highest BCUT2D eigenvalue weighted by Crippen LogP contribution is 2.45. The van der Waals surface area contributed by atoms with Crippen molar-refractivity contribution in [1.29, 1.82) is 0 Å². The van der Waals surface area contributed by atoms with E-state index in [4.69, 9.17) is 0 Å². The SMILES string of the molecule is CC1(CNC2CCCCC2C2CCCCC2)CC1. The molecule has 104 valence electrons. The number of hydrogen-bond acceptors (Lipinski definition) is 1. The smallest absolute Gasteiger partial charge is 0.00982 e. The van der Waals surface area contributed by atoms with Crippen molar-refractivity contribution in [3.63, 3.8) is 0 Å². The van der Waals surface area contributed by atoms with Gasteiger partial charge >= 0.3 is 0 Å². The van der Waals surface area contributed by atoms with Crippen molar-refractivity contribution in [3.8, 4) is 0 Å². The van der Waals surface area contributed by atoms with Crippen LogP contribution < -0.4 is 5.32 Å². The van der Waals surface area contributed by atoms with Gasteiger partial charge in [-0.2, -0.15) is 0 Å². The fraction of sp³-hybridized carbons (Fsp3) is 1.00. The van der Waals surface area contributed by atoms with Gasteiger partial charge in [-0.05, 0) is 42.9 Å². The second kappa shape index (κ2) is 5.53. The molecule has 3 fully saturated rings. The quantitative estimate of drug-likeness (QED) is 0.772. The maximum Gasteiger partial charge on any atom is 0.00982 e. The van der Waals surface area contributed by atoms with E-state index in [0.29, 0.717) is 5.41 Å². The van der Waals surface area contributed by atoms with Crippen molar-refractivity contribution in [2.75, 3.05) is 6.54 Å². The Morgan fingerprint density at radius 2 is 1.56 bits per heavy atom. The molecule has 0 bridgehead atoms. The number of hydrogen-bond donors (Lipinski definition) is 1. The largest absolute Gasteiger partial charge is 0.313 e. The molecule has 1 nitrogen and oxygen atoms in total. The summed E-state index contributed by atoms with van der Waals surface area (Å²) in [5.41, 5.74) is 0.675. The maximum atomic E-state index is 3.97. The van der Waals surface area contributed by atoms with Gasteiger partial charge in [0.05, 0.1) is 0 Å². The molecular weight excluding hydrogens is 218 g/mol. The Morgan fingerprint density at radius 1 is 0.889 bits per heavy atom. The molecule has 3 aliphatic rings. The fourth-order valence-corrected chi connectivity index (χ4v) is 4.31. The summed E-state index contributed by atoms with van der Waals surface area (Å²) in [5.74, 6) is 2.07. The Bertz CT molecular complexity index is 263. The first-order valence-electron chi connectivity index (χ1n) is 8.50. The van der Waals surface area contributed by atoms with E-state index in [2.05, 4.69) is 12.2 Å². The molecule has 18 heavy (non-hydrogen) atoms. The molecule has 0 spiro atoms. The molecular formula is C17H31N. The van der Waals surface area contributed by atoms with Crippen LogP contribution in [0.15, 0.2) is 0 Å². The first kappa shape index (κ1) is 13.0. The summed E-state index contributed by atoms with van der Waals surface area (Å²) in [4.78, 5) is 0. The predicted molar refractivity (Wildman–Crippen MR) is 77.7 cm³/mol. The van der Waals surface area contributed by atoms with E-state index in [1.807, 2.05) is 0 Å². The van der Waals surface area contributed by atoms with Crippen LogP contribution in [-0.2, 0) is 0 Å². The molecule has 0 amide bonds. The van der Waals surface area contributed by atoms with Crippen LogP contribution in [0.4, 0.5) is 0 Å². The number of nitrogens with one attached hydrogen (secondary N) is 1. The van der Waals surface area contributed by atoms with Crippen molar-refractivity contribution in [3.05, 3.63) is 0 Å². The molecule has 3 saturated carbocycles. The molecule has 0 aromatic heterocycles. The van der Waals surface area contributed by atoms with Gasteiger partial charge in [0.1, 0.15) is 0 Å². The molecule has 2 atom stereocenters. The third-order valence-corrected chi connectivity index (χ3v) is 5.97. The Morgan fingerprint density at radius 3 is 2.28 bits per heavy atom. The molecule has 1 N–H and O–H groups in total. The standard InChI is InChI=1S/C17H31N/c1-17(11-12-17)13-18-16-10-6-5-9-15(16)14-7-3-2-4-8-14/h14-16,18H,2-13H2,1H3. The fourth-order valence-electron chi connectivity index (χ4n) is 4.31. The van der Waals surface area contributed by atoms with Gasteiger partial charge in [0, 0.05) is 12.6 Å². The highest BCUT2D eigenvalue weighted by atomic mass is 14.9. The van der Waals surface area contributed by atoms with Crippen LogP contribution in [0.5, 0.6) is 0 Å². The Hall–Kier alpha value is -0.0400. The summed E-state index contributed by atoms with van der Waals surface area (Å²) in [7, 11) is 0. The summed E-state index contributed by atoms with van der Waals surface area (Å²) < 4.78 is 0. The second-order valence-electron chi connectivity index (χ2n) is 7.64. The van der Waals surface area contributed by atoms with Gasteiger partial charge in [0.2, 0.25) is 0 Å². The van der Waals surface area contributed by atoms with Gasteiger partial charge in [0.25, 0.3) is 0 Å². The molecule has 0 saturated heterocycles. The van der Waals surface area contributed by atoms with E-state index >= 15 is 0 Å². The highest BCUT2D eigenvalue weighted by molar-refractivity contribution is 4.94. The lowest BCUT2D eigenvalue weighted by atomic mass is 9.71. The minimum atomic E-state index is 0.675. The topological polar surface area (TPSA) is 12.0 Å². The summed E-state index contributed by atoms with van der Waals surface area (Å²) in [6.45, 7) is 3.75. The van der Waals surface area contributed by atoms with Crippen molar-refractivity contribution in [2.45, 2.75) is 83.6 Å². The summed E-state index contributed by atoms with van der Waals surface area (Å²) in [6.07, 6.45) is 16.4.